The predicted octanol–water partition coefficient (Wildman–Crippen LogP) is 2.29. The van der Waals surface area contributed by atoms with Crippen molar-refractivity contribution < 1.29 is 10.0 Å². The Labute approximate surface area is 113 Å². The molecule has 0 aliphatic rings. The molecule has 0 radical (unpaired) electrons. The molecule has 1 heterocycles. The summed E-state index contributed by atoms with van der Waals surface area (Å²) in [5.74, 6) is 0.354. The number of nitro groups is 1. The Morgan fingerprint density at radius 1 is 1.47 bits per heavy atom. The first-order chi connectivity index (χ1) is 9.06. The second-order valence-corrected chi connectivity index (χ2v) is 4.44. The number of aromatic nitrogens is 1. The molecule has 106 valence electrons. The predicted molar refractivity (Wildman–Crippen MR) is 74.4 cm³/mol. The van der Waals surface area contributed by atoms with Crippen molar-refractivity contribution in [1.29, 1.82) is 0 Å². The molecule has 0 aliphatic carbocycles. The van der Waals surface area contributed by atoms with Crippen molar-refractivity contribution in [3.8, 4) is 0 Å². The molecule has 0 unspecified atom stereocenters. The molecule has 0 spiro atoms. The van der Waals surface area contributed by atoms with Gasteiger partial charge in [-0.1, -0.05) is 13.8 Å². The van der Waals surface area contributed by atoms with Gasteiger partial charge in [0.15, 0.2) is 0 Å². The van der Waals surface area contributed by atoms with E-state index in [0.717, 1.165) is 12.8 Å². The van der Waals surface area contributed by atoms with Gasteiger partial charge in [-0.25, -0.2) is 4.98 Å². The van der Waals surface area contributed by atoms with Crippen molar-refractivity contribution >= 4 is 11.5 Å². The third kappa shape index (κ3) is 3.41. The number of aliphatic hydroxyl groups excluding tert-OH is 1. The van der Waals surface area contributed by atoms with Gasteiger partial charge in [0.05, 0.1) is 11.5 Å². The van der Waals surface area contributed by atoms with Crippen LogP contribution in [0.25, 0.3) is 0 Å². The zero-order valence-electron chi connectivity index (χ0n) is 11.7. The number of anilines is 1. The zero-order chi connectivity index (χ0) is 14.4. The van der Waals surface area contributed by atoms with Gasteiger partial charge in [-0.2, -0.15) is 0 Å². The van der Waals surface area contributed by atoms with Crippen LogP contribution in [0.3, 0.4) is 0 Å². The van der Waals surface area contributed by atoms with Crippen LogP contribution in [0.2, 0.25) is 0 Å². The van der Waals surface area contributed by atoms with Crippen LogP contribution in [0, 0.1) is 17.0 Å². The minimum absolute atomic E-state index is 0.0304. The van der Waals surface area contributed by atoms with Crippen LogP contribution in [-0.2, 0) is 0 Å². The quantitative estimate of drug-likeness (QED) is 0.605. The van der Waals surface area contributed by atoms with E-state index < -0.39 is 4.92 Å². The monoisotopic (exact) mass is 267 g/mol. The molecule has 6 heteroatoms. The largest absolute Gasteiger partial charge is 0.395 e. The van der Waals surface area contributed by atoms with Gasteiger partial charge >= 0.3 is 5.69 Å². The molecular weight excluding hydrogens is 246 g/mol. The lowest BCUT2D eigenvalue weighted by molar-refractivity contribution is -0.384. The summed E-state index contributed by atoms with van der Waals surface area (Å²) >= 11 is 0. The molecule has 1 aromatic rings. The maximum absolute atomic E-state index is 11.2. The zero-order valence-corrected chi connectivity index (χ0v) is 11.7. The molecule has 0 amide bonds. The molecular formula is C13H21N3O3. The van der Waals surface area contributed by atoms with Gasteiger partial charge in [-0.05, 0) is 25.8 Å². The Hall–Kier alpha value is -1.69. The third-order valence-corrected chi connectivity index (χ3v) is 3.29. The third-order valence-electron chi connectivity index (χ3n) is 3.29. The van der Waals surface area contributed by atoms with Crippen molar-refractivity contribution in [1.82, 2.24) is 4.98 Å². The molecule has 1 rings (SSSR count). The van der Waals surface area contributed by atoms with Crippen molar-refractivity contribution in [2.24, 2.45) is 0 Å². The molecule has 1 aromatic heterocycles. The van der Waals surface area contributed by atoms with Crippen LogP contribution in [0.1, 0.15) is 32.3 Å². The molecule has 19 heavy (non-hydrogen) atoms. The number of hydrogen-bond donors (Lipinski definition) is 1. The molecule has 0 saturated carbocycles. The van der Waals surface area contributed by atoms with E-state index in [1.54, 1.807) is 19.2 Å². The molecule has 0 bridgehead atoms. The van der Waals surface area contributed by atoms with E-state index in [9.17, 15) is 15.2 Å². The van der Waals surface area contributed by atoms with Gasteiger partial charge in [0, 0.05) is 24.3 Å². The van der Waals surface area contributed by atoms with E-state index >= 15 is 0 Å². The number of aliphatic hydroxyl groups is 1. The van der Waals surface area contributed by atoms with Gasteiger partial charge in [0.2, 0.25) is 5.82 Å². The number of hydrogen-bond acceptors (Lipinski definition) is 5. The molecule has 0 fully saturated rings. The van der Waals surface area contributed by atoms with E-state index in [4.69, 9.17) is 0 Å². The first-order valence-corrected chi connectivity index (χ1v) is 6.54. The highest BCUT2D eigenvalue weighted by Gasteiger charge is 2.26. The van der Waals surface area contributed by atoms with Crippen LogP contribution >= 0.6 is 0 Å². The van der Waals surface area contributed by atoms with Crippen LogP contribution in [-0.4, -0.2) is 34.2 Å². The van der Waals surface area contributed by atoms with Crippen LogP contribution in [0.4, 0.5) is 11.5 Å². The first-order valence-electron chi connectivity index (χ1n) is 6.54. The van der Waals surface area contributed by atoms with Crippen LogP contribution < -0.4 is 4.90 Å². The second-order valence-electron chi connectivity index (χ2n) is 4.44. The van der Waals surface area contributed by atoms with Crippen molar-refractivity contribution in [2.45, 2.75) is 39.7 Å². The summed E-state index contributed by atoms with van der Waals surface area (Å²) in [4.78, 5) is 16.8. The summed E-state index contributed by atoms with van der Waals surface area (Å²) < 4.78 is 0. The van der Waals surface area contributed by atoms with Gasteiger partial charge in [0.1, 0.15) is 0 Å². The Kier molecular flexibility index (Phi) is 5.69. The molecule has 1 N–H and O–H groups in total. The summed E-state index contributed by atoms with van der Waals surface area (Å²) in [6.45, 7) is 6.06. The average Bonchev–Trinajstić information content (AvgIpc) is 2.38. The van der Waals surface area contributed by atoms with Crippen molar-refractivity contribution in [3.63, 3.8) is 0 Å². The molecule has 0 saturated heterocycles. The molecule has 0 atom stereocenters. The van der Waals surface area contributed by atoms with Gasteiger partial charge in [0.25, 0.3) is 0 Å². The topological polar surface area (TPSA) is 79.5 Å². The number of nitrogens with zero attached hydrogens (tertiary/aromatic N) is 3. The van der Waals surface area contributed by atoms with E-state index in [0.29, 0.717) is 17.9 Å². The summed E-state index contributed by atoms with van der Waals surface area (Å²) in [6, 6.07) is 1.77. The van der Waals surface area contributed by atoms with Gasteiger partial charge in [-0.3, -0.25) is 10.1 Å². The Balaban J connectivity index is 3.29. The fourth-order valence-corrected chi connectivity index (χ4v) is 2.27. The Morgan fingerprint density at radius 3 is 2.58 bits per heavy atom. The molecule has 0 aromatic carbocycles. The highest BCUT2D eigenvalue weighted by Crippen LogP contribution is 2.31. The fourth-order valence-electron chi connectivity index (χ4n) is 2.27. The minimum atomic E-state index is -0.398. The Bertz CT molecular complexity index is 433. The minimum Gasteiger partial charge on any atom is -0.395 e. The summed E-state index contributed by atoms with van der Waals surface area (Å²) in [6.07, 6.45) is 3.27. The number of rotatable bonds is 7. The number of aryl methyl sites for hydroxylation is 1. The van der Waals surface area contributed by atoms with Gasteiger partial charge < -0.3 is 10.0 Å². The van der Waals surface area contributed by atoms with Crippen molar-refractivity contribution in [3.05, 3.63) is 27.9 Å². The molecule has 6 nitrogen and oxygen atoms in total. The summed E-state index contributed by atoms with van der Waals surface area (Å²) in [5.41, 5.74) is 0.617. The smallest absolute Gasteiger partial charge is 0.314 e. The summed E-state index contributed by atoms with van der Waals surface area (Å²) in [7, 11) is 0. The lowest BCUT2D eigenvalue weighted by Gasteiger charge is -2.30. The maximum atomic E-state index is 11.2. The highest BCUT2D eigenvalue weighted by atomic mass is 16.6. The lowest BCUT2D eigenvalue weighted by Crippen LogP contribution is -2.38. The van der Waals surface area contributed by atoms with Crippen molar-refractivity contribution in [2.75, 3.05) is 18.1 Å². The van der Waals surface area contributed by atoms with Gasteiger partial charge in [-0.15, -0.1) is 0 Å². The van der Waals surface area contributed by atoms with E-state index in [1.807, 2.05) is 18.7 Å². The SMILES string of the molecule is CCC(CC)N(CCO)c1nccc(C)c1[N+](=O)[O-]. The van der Waals surface area contributed by atoms with E-state index in [1.165, 1.54) is 0 Å². The number of pyridine rings is 1. The highest BCUT2D eigenvalue weighted by molar-refractivity contribution is 5.62. The average molecular weight is 267 g/mol. The molecule has 0 aliphatic heterocycles. The first kappa shape index (κ1) is 15.4. The maximum Gasteiger partial charge on any atom is 0.314 e. The Morgan fingerprint density at radius 2 is 2.11 bits per heavy atom. The van der Waals surface area contributed by atoms with E-state index in [2.05, 4.69) is 4.98 Å². The standard InChI is InChI=1S/C13H21N3O3/c1-4-11(5-2)15(8-9-17)13-12(16(18)19)10(3)6-7-14-13/h6-7,11,17H,4-5,8-9H2,1-3H3. The fraction of sp³-hybridized carbons (Fsp3) is 0.615. The summed E-state index contributed by atoms with van der Waals surface area (Å²) in [5, 5.41) is 20.4. The van der Waals surface area contributed by atoms with Crippen LogP contribution in [0.5, 0.6) is 0 Å². The second kappa shape index (κ2) is 7.04. The lowest BCUT2D eigenvalue weighted by atomic mass is 10.1. The normalized spacial score (nSPS) is 10.8. The van der Waals surface area contributed by atoms with E-state index in [-0.39, 0.29) is 18.3 Å². The van der Waals surface area contributed by atoms with Crippen LogP contribution in [0.15, 0.2) is 12.3 Å².